The van der Waals surface area contributed by atoms with E-state index >= 15 is 0 Å². The van der Waals surface area contributed by atoms with Crippen LogP contribution >= 0.6 is 0 Å². The molecular weight excluding hydrogens is 337 g/mol. The van der Waals surface area contributed by atoms with E-state index in [2.05, 4.69) is 16.9 Å². The standard InChI is InChI=1S/C20H24FNO2S/c1-2-20(18-10-9-16-5-3-4-6-17(16)13-18)22-25(23,24)14-15-7-11-19(21)12-8-15/h7-13,20,22H,2-6,14H2,1H3/t20-/m1/s1. The van der Waals surface area contributed by atoms with Gasteiger partial charge in [0.15, 0.2) is 0 Å². The number of fused-ring (bicyclic) bond motifs is 1. The van der Waals surface area contributed by atoms with Crippen molar-refractivity contribution in [2.24, 2.45) is 0 Å². The predicted molar refractivity (Wildman–Crippen MR) is 98.3 cm³/mol. The van der Waals surface area contributed by atoms with Crippen molar-refractivity contribution in [1.29, 1.82) is 0 Å². The molecule has 3 nitrogen and oxygen atoms in total. The molecule has 1 aliphatic rings. The number of aryl methyl sites for hydroxylation is 2. The summed E-state index contributed by atoms with van der Waals surface area (Å²) in [4.78, 5) is 0. The third-order valence-corrected chi connectivity index (χ3v) is 6.13. The quantitative estimate of drug-likeness (QED) is 0.835. The normalized spacial score (nSPS) is 15.6. The lowest BCUT2D eigenvalue weighted by Crippen LogP contribution is -2.29. The fourth-order valence-corrected chi connectivity index (χ4v) is 4.87. The third kappa shape index (κ3) is 4.67. The van der Waals surface area contributed by atoms with Crippen molar-refractivity contribution in [3.8, 4) is 0 Å². The van der Waals surface area contributed by atoms with Crippen LogP contribution in [0.5, 0.6) is 0 Å². The summed E-state index contributed by atoms with van der Waals surface area (Å²) in [6.07, 6.45) is 5.30. The Morgan fingerprint density at radius 2 is 1.72 bits per heavy atom. The van der Waals surface area contributed by atoms with Gasteiger partial charge in [-0.15, -0.1) is 0 Å². The van der Waals surface area contributed by atoms with E-state index in [1.54, 1.807) is 0 Å². The molecule has 0 radical (unpaired) electrons. The summed E-state index contributed by atoms with van der Waals surface area (Å²) in [6.45, 7) is 1.98. The second kappa shape index (κ2) is 7.67. The molecule has 25 heavy (non-hydrogen) atoms. The largest absolute Gasteiger partial charge is 0.216 e. The van der Waals surface area contributed by atoms with Gasteiger partial charge in [0.2, 0.25) is 10.0 Å². The van der Waals surface area contributed by atoms with Crippen molar-refractivity contribution in [3.05, 3.63) is 70.5 Å². The highest BCUT2D eigenvalue weighted by Gasteiger charge is 2.20. The number of halogens is 1. The third-order valence-electron chi connectivity index (χ3n) is 4.77. The van der Waals surface area contributed by atoms with E-state index in [0.717, 1.165) is 18.4 Å². The molecule has 0 spiro atoms. The monoisotopic (exact) mass is 361 g/mol. The van der Waals surface area contributed by atoms with Gasteiger partial charge in [-0.3, -0.25) is 0 Å². The Morgan fingerprint density at radius 1 is 1.04 bits per heavy atom. The average molecular weight is 361 g/mol. The van der Waals surface area contributed by atoms with Crippen LogP contribution in [0.1, 0.15) is 54.5 Å². The van der Waals surface area contributed by atoms with Gasteiger partial charge >= 0.3 is 0 Å². The van der Waals surface area contributed by atoms with E-state index in [-0.39, 0.29) is 17.6 Å². The minimum atomic E-state index is -3.50. The van der Waals surface area contributed by atoms with Crippen LogP contribution in [-0.4, -0.2) is 8.42 Å². The maximum atomic E-state index is 13.0. The fourth-order valence-electron chi connectivity index (χ4n) is 3.42. The number of sulfonamides is 1. The van der Waals surface area contributed by atoms with Gasteiger partial charge in [0.25, 0.3) is 0 Å². The molecule has 0 amide bonds. The van der Waals surface area contributed by atoms with Crippen LogP contribution < -0.4 is 4.72 Å². The number of rotatable bonds is 6. The molecule has 0 aromatic heterocycles. The molecule has 0 unspecified atom stereocenters. The summed E-state index contributed by atoms with van der Waals surface area (Å²) in [5, 5.41) is 0. The van der Waals surface area contributed by atoms with Crippen molar-refractivity contribution in [3.63, 3.8) is 0 Å². The Morgan fingerprint density at radius 3 is 2.40 bits per heavy atom. The number of nitrogens with one attached hydrogen (secondary N) is 1. The van der Waals surface area contributed by atoms with Crippen LogP contribution in [0.4, 0.5) is 4.39 Å². The van der Waals surface area contributed by atoms with Gasteiger partial charge < -0.3 is 0 Å². The molecule has 0 saturated carbocycles. The van der Waals surface area contributed by atoms with Gasteiger partial charge in [0.1, 0.15) is 5.82 Å². The predicted octanol–water partition coefficient (Wildman–Crippen LogP) is 4.28. The minimum absolute atomic E-state index is 0.144. The van der Waals surface area contributed by atoms with Gasteiger partial charge in [-0.25, -0.2) is 17.5 Å². The highest BCUT2D eigenvalue weighted by atomic mass is 32.2. The first-order valence-corrected chi connectivity index (χ1v) is 10.5. The lowest BCUT2D eigenvalue weighted by atomic mass is 9.89. The van der Waals surface area contributed by atoms with Crippen molar-refractivity contribution < 1.29 is 12.8 Å². The zero-order chi connectivity index (χ0) is 17.9. The Hall–Kier alpha value is -1.72. The number of benzene rings is 2. The Balaban J connectivity index is 1.75. The summed E-state index contributed by atoms with van der Waals surface area (Å²) < 4.78 is 40.8. The lowest BCUT2D eigenvalue weighted by Gasteiger charge is -2.21. The number of hydrogen-bond acceptors (Lipinski definition) is 2. The first-order chi connectivity index (χ1) is 12.0. The SMILES string of the molecule is CC[C@@H](NS(=O)(=O)Cc1ccc(F)cc1)c1ccc2c(c1)CCCC2. The van der Waals surface area contributed by atoms with Crippen LogP contribution in [0.25, 0.3) is 0 Å². The minimum Gasteiger partial charge on any atom is -0.212 e. The zero-order valence-electron chi connectivity index (χ0n) is 14.5. The maximum Gasteiger partial charge on any atom is 0.216 e. The molecule has 2 aromatic rings. The molecule has 1 aliphatic carbocycles. The van der Waals surface area contributed by atoms with E-state index in [1.165, 1.54) is 48.2 Å². The smallest absolute Gasteiger partial charge is 0.212 e. The van der Waals surface area contributed by atoms with Crippen molar-refractivity contribution in [2.45, 2.75) is 50.8 Å². The van der Waals surface area contributed by atoms with Gasteiger partial charge in [0, 0.05) is 6.04 Å². The second-order valence-corrected chi connectivity index (χ2v) is 8.45. The van der Waals surface area contributed by atoms with E-state index in [1.807, 2.05) is 13.0 Å². The molecule has 1 atom stereocenters. The van der Waals surface area contributed by atoms with Crippen LogP contribution in [-0.2, 0) is 28.6 Å². The molecule has 134 valence electrons. The highest BCUT2D eigenvalue weighted by molar-refractivity contribution is 7.88. The first kappa shape index (κ1) is 18.1. The van der Waals surface area contributed by atoms with Crippen LogP contribution in [0.3, 0.4) is 0 Å². The zero-order valence-corrected chi connectivity index (χ0v) is 15.3. The van der Waals surface area contributed by atoms with E-state index < -0.39 is 10.0 Å². The summed E-state index contributed by atoms with van der Waals surface area (Å²) >= 11 is 0. The molecule has 0 aliphatic heterocycles. The summed E-state index contributed by atoms with van der Waals surface area (Å²) in [7, 11) is -3.50. The van der Waals surface area contributed by atoms with E-state index in [4.69, 9.17) is 0 Å². The molecule has 0 bridgehead atoms. The molecule has 0 fully saturated rings. The average Bonchev–Trinajstić information content (AvgIpc) is 2.61. The van der Waals surface area contributed by atoms with Crippen LogP contribution in [0.15, 0.2) is 42.5 Å². The van der Waals surface area contributed by atoms with E-state index in [0.29, 0.717) is 12.0 Å². The summed E-state index contributed by atoms with van der Waals surface area (Å²) in [5.74, 6) is -0.510. The molecule has 3 rings (SSSR count). The topological polar surface area (TPSA) is 46.2 Å². The Labute approximate surface area is 149 Å². The Bertz CT molecular complexity index is 831. The Kier molecular flexibility index (Phi) is 5.54. The van der Waals surface area contributed by atoms with Gasteiger partial charge in [-0.05, 0) is 66.5 Å². The highest BCUT2D eigenvalue weighted by Crippen LogP contribution is 2.26. The fraction of sp³-hybridized carbons (Fsp3) is 0.400. The molecular formula is C20H24FNO2S. The molecule has 2 aromatic carbocycles. The maximum absolute atomic E-state index is 13.0. The molecule has 1 N–H and O–H groups in total. The summed E-state index contributed by atoms with van der Waals surface area (Å²) in [6, 6.07) is 11.7. The molecule has 0 saturated heterocycles. The van der Waals surface area contributed by atoms with Gasteiger partial charge in [-0.2, -0.15) is 0 Å². The van der Waals surface area contributed by atoms with Crippen molar-refractivity contribution >= 4 is 10.0 Å². The van der Waals surface area contributed by atoms with Gasteiger partial charge in [0.05, 0.1) is 5.75 Å². The van der Waals surface area contributed by atoms with Crippen molar-refractivity contribution in [1.82, 2.24) is 4.72 Å². The number of hydrogen-bond donors (Lipinski definition) is 1. The molecule has 5 heteroatoms. The summed E-state index contributed by atoms with van der Waals surface area (Å²) in [5.41, 5.74) is 4.33. The second-order valence-electron chi connectivity index (χ2n) is 6.70. The lowest BCUT2D eigenvalue weighted by molar-refractivity contribution is 0.548. The first-order valence-electron chi connectivity index (χ1n) is 8.83. The van der Waals surface area contributed by atoms with Crippen LogP contribution in [0.2, 0.25) is 0 Å². The van der Waals surface area contributed by atoms with Crippen LogP contribution in [0, 0.1) is 5.82 Å². The molecule has 0 heterocycles. The van der Waals surface area contributed by atoms with Gasteiger partial charge in [-0.1, -0.05) is 37.3 Å². The van der Waals surface area contributed by atoms with Crippen molar-refractivity contribution in [2.75, 3.05) is 0 Å². The van der Waals surface area contributed by atoms with E-state index in [9.17, 15) is 12.8 Å².